The van der Waals surface area contributed by atoms with Crippen molar-refractivity contribution in [3.63, 3.8) is 0 Å². The highest BCUT2D eigenvalue weighted by atomic mass is 32.2. The van der Waals surface area contributed by atoms with Crippen LogP contribution in [0.5, 0.6) is 11.5 Å². The Bertz CT molecular complexity index is 1290. The van der Waals surface area contributed by atoms with Gasteiger partial charge in [0.2, 0.25) is 16.0 Å². The van der Waals surface area contributed by atoms with Gasteiger partial charge in [0.1, 0.15) is 17.5 Å². The Morgan fingerprint density at radius 2 is 1.73 bits per heavy atom. The zero-order chi connectivity index (χ0) is 26.7. The fourth-order valence-corrected chi connectivity index (χ4v) is 4.33. The molecule has 1 amide bonds. The number of anilines is 1. The van der Waals surface area contributed by atoms with Crippen molar-refractivity contribution in [2.24, 2.45) is 0 Å². The lowest BCUT2D eigenvalue weighted by atomic mass is 10.1. The van der Waals surface area contributed by atoms with E-state index in [4.69, 9.17) is 4.74 Å². The van der Waals surface area contributed by atoms with E-state index < -0.39 is 34.5 Å². The third-order valence-corrected chi connectivity index (χ3v) is 6.50. The van der Waals surface area contributed by atoms with Crippen molar-refractivity contribution in [1.29, 1.82) is 0 Å². The van der Waals surface area contributed by atoms with Gasteiger partial charge in [-0.3, -0.25) is 9.59 Å². The average molecular weight is 530 g/mol. The molecule has 5 N–H and O–H groups in total. The third-order valence-electron chi connectivity index (χ3n) is 5.02. The van der Waals surface area contributed by atoms with E-state index in [1.54, 1.807) is 24.5 Å². The van der Waals surface area contributed by atoms with Gasteiger partial charge >= 0.3 is 5.97 Å². The fraction of sp³-hybridized carbons (Fsp3) is 0.250. The molecule has 0 fully saturated rings. The summed E-state index contributed by atoms with van der Waals surface area (Å²) in [4.78, 5) is 32.2. The summed E-state index contributed by atoms with van der Waals surface area (Å²) in [7, 11) is -4.13. The number of phenolic OH excluding ortho intramolecular Hbond substituents is 1. The lowest BCUT2D eigenvalue weighted by molar-refractivity contribution is -0.138. The summed E-state index contributed by atoms with van der Waals surface area (Å²) >= 11 is 0. The fourth-order valence-electron chi connectivity index (χ4n) is 3.12. The number of hydrogen-bond donors (Lipinski definition) is 5. The van der Waals surface area contributed by atoms with Crippen molar-refractivity contribution in [3.8, 4) is 11.5 Å². The van der Waals surface area contributed by atoms with Crippen LogP contribution in [0, 0.1) is 0 Å². The molecule has 1 atom stereocenters. The molecule has 0 aliphatic rings. The van der Waals surface area contributed by atoms with E-state index in [2.05, 4.69) is 25.3 Å². The minimum atomic E-state index is -4.13. The second-order valence-corrected chi connectivity index (χ2v) is 9.48. The van der Waals surface area contributed by atoms with Crippen LogP contribution in [0.4, 0.5) is 5.95 Å². The lowest BCUT2D eigenvalue weighted by Crippen LogP contribution is -2.48. The van der Waals surface area contributed by atoms with Crippen molar-refractivity contribution in [1.82, 2.24) is 20.0 Å². The third kappa shape index (κ3) is 8.44. The molecule has 37 heavy (non-hydrogen) atoms. The molecule has 0 radical (unpaired) electrons. The van der Waals surface area contributed by atoms with Crippen LogP contribution in [0.3, 0.4) is 0 Å². The number of ether oxygens (including phenoxy) is 1. The van der Waals surface area contributed by atoms with Gasteiger partial charge in [-0.1, -0.05) is 18.2 Å². The summed E-state index contributed by atoms with van der Waals surface area (Å²) in [6, 6.07) is 11.5. The predicted octanol–water partition coefficient (Wildman–Crippen LogP) is 1.61. The first kappa shape index (κ1) is 27.4. The largest absolute Gasteiger partial charge is 0.507 e. The van der Waals surface area contributed by atoms with Gasteiger partial charge in [0.05, 0.1) is 17.1 Å². The van der Waals surface area contributed by atoms with Crippen LogP contribution in [-0.4, -0.2) is 66.2 Å². The molecule has 3 aromatic rings. The number of hydrogen-bond acceptors (Lipinski definition) is 9. The number of phenols is 1. The quantitative estimate of drug-likeness (QED) is 0.193. The topological polar surface area (TPSA) is 180 Å². The van der Waals surface area contributed by atoms with Crippen LogP contribution in [0.1, 0.15) is 23.2 Å². The molecule has 1 heterocycles. The highest BCUT2D eigenvalue weighted by Crippen LogP contribution is 2.23. The first-order valence-electron chi connectivity index (χ1n) is 11.3. The molecule has 0 spiro atoms. The predicted molar refractivity (Wildman–Crippen MR) is 134 cm³/mol. The Kier molecular flexibility index (Phi) is 9.75. The molecular formula is C24H27N5O7S. The second kappa shape index (κ2) is 13.2. The molecular weight excluding hydrogens is 502 g/mol. The molecule has 0 aliphatic carbocycles. The summed E-state index contributed by atoms with van der Waals surface area (Å²) in [6.07, 6.45) is 4.76. The van der Waals surface area contributed by atoms with E-state index in [0.717, 1.165) is 6.42 Å². The zero-order valence-electron chi connectivity index (χ0n) is 19.7. The Labute approximate surface area is 213 Å². The number of unbranched alkanes of at least 4 members (excludes halogenated alkanes) is 1. The number of amides is 1. The van der Waals surface area contributed by atoms with E-state index >= 15 is 0 Å². The SMILES string of the molecule is O=C(NC[C@H](NS(=O)(=O)c1ccccc1)C(=O)O)c1cc(OCCCCNc2ncccn2)ccc1O. The number of carbonyl (C=O) groups is 2. The molecule has 0 saturated heterocycles. The van der Waals surface area contributed by atoms with Crippen LogP contribution in [0.25, 0.3) is 0 Å². The van der Waals surface area contributed by atoms with Crippen LogP contribution in [0.2, 0.25) is 0 Å². The number of nitrogens with one attached hydrogen (secondary N) is 3. The number of rotatable bonds is 14. The molecule has 3 rings (SSSR count). The maximum Gasteiger partial charge on any atom is 0.323 e. The first-order chi connectivity index (χ1) is 17.8. The molecule has 196 valence electrons. The Balaban J connectivity index is 1.50. The number of benzene rings is 2. The molecule has 2 aromatic carbocycles. The summed E-state index contributed by atoms with van der Waals surface area (Å²) in [5.74, 6) is -1.74. The van der Waals surface area contributed by atoms with Gasteiger partial charge in [-0.15, -0.1) is 0 Å². The summed E-state index contributed by atoms with van der Waals surface area (Å²) < 4.78 is 32.6. The number of aliphatic carboxylic acids is 1. The average Bonchev–Trinajstić information content (AvgIpc) is 2.90. The molecule has 0 unspecified atom stereocenters. The number of sulfonamides is 1. The number of aromatic nitrogens is 2. The van der Waals surface area contributed by atoms with Gasteiger partial charge in [0, 0.05) is 25.5 Å². The molecule has 0 saturated carbocycles. The molecule has 0 aliphatic heterocycles. The highest BCUT2D eigenvalue weighted by molar-refractivity contribution is 7.89. The number of carboxylic acid groups (broad SMARTS) is 1. The van der Waals surface area contributed by atoms with Crippen molar-refractivity contribution in [2.75, 3.05) is 25.0 Å². The maximum atomic E-state index is 12.6. The minimum absolute atomic E-state index is 0.112. The van der Waals surface area contributed by atoms with Gasteiger partial charge in [-0.25, -0.2) is 18.4 Å². The van der Waals surface area contributed by atoms with E-state index in [-0.39, 0.29) is 16.2 Å². The van der Waals surface area contributed by atoms with Gasteiger partial charge in [-0.2, -0.15) is 4.72 Å². The molecule has 0 bridgehead atoms. The molecule has 12 nitrogen and oxygen atoms in total. The first-order valence-corrected chi connectivity index (χ1v) is 12.8. The summed E-state index contributed by atoms with van der Waals surface area (Å²) in [5.41, 5.74) is -0.143. The van der Waals surface area contributed by atoms with E-state index in [9.17, 15) is 28.2 Å². The summed E-state index contributed by atoms with van der Waals surface area (Å²) in [5, 5.41) is 25.0. The van der Waals surface area contributed by atoms with Crippen molar-refractivity contribution in [2.45, 2.75) is 23.8 Å². The lowest BCUT2D eigenvalue weighted by Gasteiger charge is -2.16. The van der Waals surface area contributed by atoms with E-state index in [1.165, 1.54) is 42.5 Å². The standard InChI is InChI=1S/C24H27N5O7S/c30-21-10-9-17(36-14-5-4-11-25-24-26-12-6-13-27-24)15-19(21)22(31)28-16-20(23(32)33)29-37(34,35)18-7-2-1-3-8-18/h1-3,6-10,12-13,15,20,29-30H,4-5,11,14,16H2,(H,28,31)(H,32,33)(H,25,26,27)/t20-/m0/s1. The Morgan fingerprint density at radius 3 is 2.43 bits per heavy atom. The maximum absolute atomic E-state index is 12.6. The minimum Gasteiger partial charge on any atom is -0.507 e. The van der Waals surface area contributed by atoms with Crippen molar-refractivity contribution < 1.29 is 33.0 Å². The monoisotopic (exact) mass is 529 g/mol. The molecule has 1 aromatic heterocycles. The number of carbonyl (C=O) groups excluding carboxylic acids is 1. The normalized spacial score (nSPS) is 11.9. The number of nitrogens with zero attached hydrogens (tertiary/aromatic N) is 2. The summed E-state index contributed by atoms with van der Waals surface area (Å²) in [6.45, 7) is 0.448. The van der Waals surface area contributed by atoms with Crippen LogP contribution in [0.15, 0.2) is 71.9 Å². The van der Waals surface area contributed by atoms with Crippen LogP contribution in [-0.2, 0) is 14.8 Å². The highest BCUT2D eigenvalue weighted by Gasteiger charge is 2.26. The Hall–Kier alpha value is -4.23. The van der Waals surface area contributed by atoms with E-state index in [1.807, 2.05) is 0 Å². The molecule has 13 heteroatoms. The van der Waals surface area contributed by atoms with Crippen molar-refractivity contribution in [3.05, 3.63) is 72.6 Å². The van der Waals surface area contributed by atoms with Gasteiger partial charge in [0.15, 0.2) is 0 Å². The van der Waals surface area contributed by atoms with Crippen LogP contribution < -0.4 is 20.1 Å². The Morgan fingerprint density at radius 1 is 1.00 bits per heavy atom. The van der Waals surface area contributed by atoms with Gasteiger partial charge < -0.3 is 25.6 Å². The smallest absolute Gasteiger partial charge is 0.323 e. The number of carboxylic acids is 1. The van der Waals surface area contributed by atoms with Crippen molar-refractivity contribution >= 4 is 27.8 Å². The van der Waals surface area contributed by atoms with Gasteiger partial charge in [-0.05, 0) is 49.2 Å². The van der Waals surface area contributed by atoms with E-state index in [0.29, 0.717) is 31.3 Å². The second-order valence-electron chi connectivity index (χ2n) is 7.77. The zero-order valence-corrected chi connectivity index (χ0v) is 20.5. The number of aromatic hydroxyl groups is 1. The van der Waals surface area contributed by atoms with Crippen LogP contribution >= 0.6 is 0 Å². The van der Waals surface area contributed by atoms with Gasteiger partial charge in [0.25, 0.3) is 5.91 Å².